The smallest absolute Gasteiger partial charge is 0.246 e. The molecule has 2 aliphatic carbocycles. The average Bonchev–Trinajstić information content (AvgIpc) is 4.04. The molecule has 12 atom stereocenters. The van der Waals surface area contributed by atoms with Gasteiger partial charge < -0.3 is 51.5 Å². The van der Waals surface area contributed by atoms with E-state index in [1.54, 1.807) is 33.3 Å². The molecule has 5 aliphatic heterocycles. The number of thiocarbonyl (C=S) groups is 2. The Bertz CT molecular complexity index is 2390. The number of nitrogens with zero attached hydrogens (tertiary/aromatic N) is 4. The van der Waals surface area contributed by atoms with Crippen molar-refractivity contribution >= 4 is 93.4 Å². The zero-order valence-corrected chi connectivity index (χ0v) is 47.2. The molecule has 0 bridgehead atoms. The third kappa shape index (κ3) is 10.4. The average molecular weight is 1090 g/mol. The number of nitrogens with one attached hydrogen (secondary N) is 6. The Labute approximate surface area is 455 Å². The van der Waals surface area contributed by atoms with Crippen LogP contribution in [0.4, 0.5) is 0 Å². The summed E-state index contributed by atoms with van der Waals surface area (Å²) in [5.74, 6) is -0.684. The summed E-state index contributed by atoms with van der Waals surface area (Å²) in [5.41, 5.74) is 2.71. The Morgan fingerprint density at radius 2 is 0.959 bits per heavy atom. The van der Waals surface area contributed by atoms with Crippen LogP contribution in [0, 0.1) is 22.7 Å². The normalized spacial score (nSPS) is 30.7. The van der Waals surface area contributed by atoms with Gasteiger partial charge in [-0.05, 0) is 111 Å². The van der Waals surface area contributed by atoms with Crippen LogP contribution in [0.15, 0.2) is 48.5 Å². The molecule has 5 saturated heterocycles. The zero-order chi connectivity index (χ0) is 53.0. The van der Waals surface area contributed by atoms with E-state index in [4.69, 9.17) is 24.4 Å². The standard InChI is InChI=1S/C54H74N10O6S4/c1-29(55-7)47(71)57-37-17-23-73-39-27-53(3,4)43(63(39)51(37)69)45(65)59-41-33-15-11-9-13-31(33)25-35(41)49(67)61-19-21-62(22-20-61)50(68)36-26-32-14-10-12-16-34(32)42(36)60-46(66)44-54(5,6)28-40-64(44)52(70)38(18-24-74-40)58-48(72)30(2)56-8/h9-16,29-30,35-44,55-56H,17-28H2,1-8H3,(H,57,71)(H,58,72)(H,59,65)(H,60,66)/t29?,30?,35-,36-,37+,38+,39+,40+,41+,42+,43-,44-/m1/s1. The maximum atomic E-state index is 14.9. The molecule has 5 fully saturated rings. The molecule has 20 heteroatoms. The van der Waals surface area contributed by atoms with E-state index in [1.165, 1.54) is 0 Å². The molecule has 9 rings (SSSR count). The van der Waals surface area contributed by atoms with Gasteiger partial charge in [-0.2, -0.15) is 0 Å². The Morgan fingerprint density at radius 1 is 0.595 bits per heavy atom. The SMILES string of the molecule is CNC(C)C(=S)N[C@H]1CCS[C@H]2CC(C)(C)[C@@H](C(=O)N[C@H]3c4ccccc4C[C@H]3C(=O)N3CCN(C(=O)[C@@H]4Cc5ccccc5[C@@H]4NC(=O)[C@H]4N5C(=O)[C@@H](NC(=S)C(C)NC)CCS[C@H]5CC4(C)C)CC3)N2C1=O. The number of likely N-dealkylation sites (N-methyl/N-ethyl adjacent to an activating group) is 2. The van der Waals surface area contributed by atoms with E-state index >= 15 is 0 Å². The number of piperazine rings is 1. The van der Waals surface area contributed by atoms with Crippen molar-refractivity contribution in [1.82, 2.24) is 51.5 Å². The lowest BCUT2D eigenvalue weighted by Gasteiger charge is -2.39. The maximum absolute atomic E-state index is 14.9. The number of fused-ring (bicyclic) bond motifs is 4. The van der Waals surface area contributed by atoms with E-state index in [9.17, 15) is 28.8 Å². The van der Waals surface area contributed by atoms with Gasteiger partial charge in [-0.1, -0.05) is 101 Å². The Morgan fingerprint density at radius 3 is 1.32 bits per heavy atom. The van der Waals surface area contributed by atoms with Gasteiger partial charge in [0, 0.05) is 26.2 Å². The molecule has 0 saturated carbocycles. The molecule has 400 valence electrons. The first-order chi connectivity index (χ1) is 35.2. The molecule has 0 radical (unpaired) electrons. The minimum absolute atomic E-state index is 0.0899. The van der Waals surface area contributed by atoms with Gasteiger partial charge in [-0.25, -0.2) is 0 Å². The molecule has 0 spiro atoms. The van der Waals surface area contributed by atoms with E-state index in [-0.39, 0.29) is 58.3 Å². The number of thioether (sulfide) groups is 2. The highest BCUT2D eigenvalue weighted by Crippen LogP contribution is 2.49. The van der Waals surface area contributed by atoms with Crippen LogP contribution in [0.2, 0.25) is 0 Å². The number of hydrogen-bond donors (Lipinski definition) is 6. The fourth-order valence-corrected chi connectivity index (χ4v) is 16.3. The summed E-state index contributed by atoms with van der Waals surface area (Å²) in [7, 11) is 3.64. The summed E-state index contributed by atoms with van der Waals surface area (Å²) in [6.45, 7) is 13.3. The van der Waals surface area contributed by atoms with E-state index in [1.807, 2.05) is 114 Å². The number of hydrogen-bond acceptors (Lipinski definition) is 12. The van der Waals surface area contributed by atoms with Crippen molar-refractivity contribution in [3.8, 4) is 0 Å². The van der Waals surface area contributed by atoms with Gasteiger partial charge in [0.15, 0.2) is 0 Å². The van der Waals surface area contributed by atoms with Gasteiger partial charge in [0.05, 0.1) is 56.7 Å². The Hall–Kier alpha value is -4.34. The van der Waals surface area contributed by atoms with Gasteiger partial charge in [-0.3, -0.25) is 28.8 Å². The van der Waals surface area contributed by atoms with Crippen molar-refractivity contribution in [2.45, 2.75) is 139 Å². The van der Waals surface area contributed by atoms with Crippen LogP contribution in [0.1, 0.15) is 102 Å². The first kappa shape index (κ1) is 54.4. The lowest BCUT2D eigenvalue weighted by molar-refractivity contribution is -0.146. The number of carbonyl (C=O) groups excluding carboxylic acids is 6. The predicted octanol–water partition coefficient (Wildman–Crippen LogP) is 3.68. The van der Waals surface area contributed by atoms with Crippen LogP contribution >= 0.6 is 48.0 Å². The summed E-state index contributed by atoms with van der Waals surface area (Å²) in [4.78, 5) is 96.6. The minimum atomic E-state index is -0.762. The second-order valence-electron chi connectivity index (χ2n) is 22.7. The quantitative estimate of drug-likeness (QED) is 0.169. The molecule has 0 aromatic heterocycles. The topological polar surface area (TPSA) is 188 Å². The number of benzene rings is 2. The minimum Gasteiger partial charge on any atom is -0.367 e. The molecule has 74 heavy (non-hydrogen) atoms. The monoisotopic (exact) mass is 1090 g/mol. The predicted molar refractivity (Wildman–Crippen MR) is 298 cm³/mol. The molecule has 6 amide bonds. The van der Waals surface area contributed by atoms with Crippen LogP contribution in [-0.2, 0) is 41.6 Å². The van der Waals surface area contributed by atoms with E-state index in [2.05, 4.69) is 31.9 Å². The molecule has 7 aliphatic rings. The molecular formula is C54H74N10O6S4. The zero-order valence-electron chi connectivity index (χ0n) is 43.9. The summed E-state index contributed by atoms with van der Waals surface area (Å²) in [6, 6.07) is 11.6. The summed E-state index contributed by atoms with van der Waals surface area (Å²) in [6.07, 6.45) is 3.38. The molecule has 2 unspecified atom stereocenters. The van der Waals surface area contributed by atoms with E-state index in [0.29, 0.717) is 74.7 Å². The van der Waals surface area contributed by atoms with Gasteiger partial charge in [0.1, 0.15) is 24.2 Å². The van der Waals surface area contributed by atoms with Crippen molar-refractivity contribution in [1.29, 1.82) is 0 Å². The lowest BCUT2D eigenvalue weighted by atomic mass is 9.83. The van der Waals surface area contributed by atoms with Gasteiger partial charge in [0.2, 0.25) is 35.4 Å². The molecule has 6 N–H and O–H groups in total. The van der Waals surface area contributed by atoms with Crippen molar-refractivity contribution < 1.29 is 28.8 Å². The highest BCUT2D eigenvalue weighted by Gasteiger charge is 2.57. The summed E-state index contributed by atoms with van der Waals surface area (Å²) >= 11 is 14.7. The van der Waals surface area contributed by atoms with Crippen LogP contribution in [-0.4, -0.2) is 164 Å². The van der Waals surface area contributed by atoms with Gasteiger partial charge in [0.25, 0.3) is 0 Å². The Balaban J connectivity index is 0.880. The third-order valence-electron chi connectivity index (χ3n) is 17.0. The first-order valence-corrected chi connectivity index (χ1v) is 29.3. The van der Waals surface area contributed by atoms with Crippen LogP contribution < -0.4 is 31.9 Å². The number of amides is 6. The van der Waals surface area contributed by atoms with Crippen molar-refractivity contribution in [3.63, 3.8) is 0 Å². The fourth-order valence-electron chi connectivity index (χ4n) is 12.6. The molecule has 2 aromatic rings. The van der Waals surface area contributed by atoms with Crippen LogP contribution in [0.25, 0.3) is 0 Å². The lowest BCUT2D eigenvalue weighted by Crippen LogP contribution is -2.59. The first-order valence-electron chi connectivity index (χ1n) is 26.4. The molecule has 2 aromatic carbocycles. The number of rotatable bonds is 12. The van der Waals surface area contributed by atoms with E-state index < -0.39 is 58.9 Å². The van der Waals surface area contributed by atoms with Crippen LogP contribution in [0.5, 0.6) is 0 Å². The Kier molecular flexibility index (Phi) is 16.2. The third-order valence-corrected chi connectivity index (χ3v) is 20.4. The summed E-state index contributed by atoms with van der Waals surface area (Å²) < 4.78 is 0. The second kappa shape index (κ2) is 22.0. The molecule has 5 heterocycles. The van der Waals surface area contributed by atoms with Gasteiger partial charge in [-0.15, -0.1) is 23.5 Å². The fraction of sp³-hybridized carbons (Fsp3) is 0.630. The second-order valence-corrected chi connectivity index (χ2v) is 26.1. The maximum Gasteiger partial charge on any atom is 0.246 e. The van der Waals surface area contributed by atoms with Crippen molar-refractivity contribution in [2.24, 2.45) is 22.7 Å². The molecular weight excluding hydrogens is 1010 g/mol. The van der Waals surface area contributed by atoms with Gasteiger partial charge >= 0.3 is 0 Å². The number of carbonyl (C=O) groups is 6. The molecule has 16 nitrogen and oxygen atoms in total. The van der Waals surface area contributed by atoms with Crippen molar-refractivity contribution in [3.05, 3.63) is 70.8 Å². The van der Waals surface area contributed by atoms with Crippen LogP contribution in [0.3, 0.4) is 0 Å². The summed E-state index contributed by atoms with van der Waals surface area (Å²) in [5, 5.41) is 19.2. The van der Waals surface area contributed by atoms with Crippen molar-refractivity contribution in [2.75, 3.05) is 51.8 Å². The van der Waals surface area contributed by atoms with E-state index in [0.717, 1.165) is 33.8 Å². The highest BCUT2D eigenvalue weighted by molar-refractivity contribution is 8.00. The largest absolute Gasteiger partial charge is 0.367 e. The highest BCUT2D eigenvalue weighted by atomic mass is 32.2.